The number of amides is 2. The van der Waals surface area contributed by atoms with E-state index in [2.05, 4.69) is 10.6 Å². The van der Waals surface area contributed by atoms with E-state index in [1.165, 1.54) is 0 Å². The first-order chi connectivity index (χ1) is 12.1. The predicted octanol–water partition coefficient (Wildman–Crippen LogP) is 1.65. The summed E-state index contributed by atoms with van der Waals surface area (Å²) in [6, 6.07) is 9.45. The average Bonchev–Trinajstić information content (AvgIpc) is 2.62. The molecule has 0 radical (unpaired) electrons. The van der Waals surface area contributed by atoms with Gasteiger partial charge in [0.2, 0.25) is 5.91 Å². The van der Waals surface area contributed by atoms with Crippen LogP contribution in [0.2, 0.25) is 0 Å². The van der Waals surface area contributed by atoms with Gasteiger partial charge in [-0.05, 0) is 45.3 Å². The molecule has 2 fully saturated rings. The average molecular weight is 382 g/mol. The summed E-state index contributed by atoms with van der Waals surface area (Å²) in [6.07, 6.45) is 1.15. The van der Waals surface area contributed by atoms with Crippen molar-refractivity contribution in [2.24, 2.45) is 0 Å². The molecule has 1 aromatic rings. The van der Waals surface area contributed by atoms with Gasteiger partial charge < -0.3 is 20.3 Å². The molecular formula is C19H28ClN3O3. The summed E-state index contributed by atoms with van der Waals surface area (Å²) in [5.74, 6) is -0.200. The molecule has 2 N–H and O–H groups in total. The molecule has 3 rings (SSSR count). The Balaban J connectivity index is 0.00000243. The number of nitrogens with one attached hydrogen (secondary N) is 2. The number of carbonyl (C=O) groups excluding carboxylic acids is 2. The van der Waals surface area contributed by atoms with E-state index < -0.39 is 12.1 Å². The van der Waals surface area contributed by atoms with E-state index in [0.717, 1.165) is 31.5 Å². The van der Waals surface area contributed by atoms with Gasteiger partial charge in [-0.15, -0.1) is 12.4 Å². The minimum absolute atomic E-state index is 0. The normalized spacial score (nSPS) is 24.3. The number of piperidine rings is 1. The minimum atomic E-state index is -0.683. The second-order valence-corrected chi connectivity index (χ2v) is 7.01. The summed E-state index contributed by atoms with van der Waals surface area (Å²) in [5.41, 5.74) is 0.926. The first-order valence-corrected chi connectivity index (χ1v) is 9.06. The third-order valence-electron chi connectivity index (χ3n) is 4.90. The van der Waals surface area contributed by atoms with Crippen molar-refractivity contribution >= 4 is 24.2 Å². The van der Waals surface area contributed by atoms with Crippen molar-refractivity contribution in [3.05, 3.63) is 35.9 Å². The van der Waals surface area contributed by atoms with Gasteiger partial charge in [0.1, 0.15) is 6.61 Å². The van der Waals surface area contributed by atoms with Gasteiger partial charge in [0.25, 0.3) is 5.91 Å². The Morgan fingerprint density at radius 2 is 1.88 bits per heavy atom. The standard InChI is InChI=1S/C19H27N3O3.ClH/c1-13(2)22-16(23)12-25-18(17(22)14-6-4-3-5-7-14)19(24)21-15-8-10-20-11-9-15;/h3-7,13,15,17-18,20H,8-12H2,1-2H3,(H,21,24);1H/t17-,18+;/m1./s1. The highest BCUT2D eigenvalue weighted by molar-refractivity contribution is 5.86. The first-order valence-electron chi connectivity index (χ1n) is 9.06. The lowest BCUT2D eigenvalue weighted by atomic mass is 9.95. The highest BCUT2D eigenvalue weighted by Gasteiger charge is 2.43. The number of rotatable bonds is 4. The monoisotopic (exact) mass is 381 g/mol. The van der Waals surface area contributed by atoms with Crippen molar-refractivity contribution in [3.8, 4) is 0 Å². The van der Waals surface area contributed by atoms with Crippen LogP contribution in [0.15, 0.2) is 30.3 Å². The molecule has 144 valence electrons. The van der Waals surface area contributed by atoms with Crippen LogP contribution in [0, 0.1) is 0 Å². The molecule has 0 aliphatic carbocycles. The Kier molecular flexibility index (Phi) is 7.43. The second kappa shape index (κ2) is 9.35. The highest BCUT2D eigenvalue weighted by atomic mass is 35.5. The predicted molar refractivity (Wildman–Crippen MR) is 102 cm³/mol. The Labute approximate surface area is 161 Å². The van der Waals surface area contributed by atoms with Gasteiger partial charge in [0, 0.05) is 12.1 Å². The van der Waals surface area contributed by atoms with Crippen molar-refractivity contribution in [2.75, 3.05) is 19.7 Å². The molecule has 2 aliphatic rings. The first kappa shape index (κ1) is 20.7. The maximum Gasteiger partial charge on any atom is 0.251 e. The van der Waals surface area contributed by atoms with Crippen LogP contribution in [0.4, 0.5) is 0 Å². The van der Waals surface area contributed by atoms with Gasteiger partial charge in [-0.1, -0.05) is 30.3 Å². The SMILES string of the molecule is CC(C)N1C(=O)CO[C@H](C(=O)NC2CCNCC2)[C@H]1c1ccccc1.Cl. The number of carbonyl (C=O) groups is 2. The van der Waals surface area contributed by atoms with Crippen molar-refractivity contribution in [2.45, 2.75) is 50.9 Å². The molecule has 0 spiro atoms. The number of nitrogens with zero attached hydrogens (tertiary/aromatic N) is 1. The van der Waals surface area contributed by atoms with Crippen molar-refractivity contribution in [1.82, 2.24) is 15.5 Å². The zero-order valence-electron chi connectivity index (χ0n) is 15.3. The van der Waals surface area contributed by atoms with Gasteiger partial charge in [0.15, 0.2) is 6.10 Å². The molecule has 0 bridgehead atoms. The van der Waals surface area contributed by atoms with Crippen LogP contribution in [0.1, 0.15) is 38.3 Å². The summed E-state index contributed by atoms with van der Waals surface area (Å²) in [6.45, 7) is 5.72. The van der Waals surface area contributed by atoms with E-state index in [-0.39, 0.29) is 42.9 Å². The lowest BCUT2D eigenvalue weighted by molar-refractivity contribution is -0.167. The fourth-order valence-electron chi connectivity index (χ4n) is 3.69. The number of halogens is 1. The molecule has 2 atom stereocenters. The molecule has 2 saturated heterocycles. The van der Waals surface area contributed by atoms with Gasteiger partial charge in [-0.2, -0.15) is 0 Å². The van der Waals surface area contributed by atoms with Crippen molar-refractivity contribution < 1.29 is 14.3 Å². The molecule has 0 unspecified atom stereocenters. The Morgan fingerprint density at radius 1 is 1.23 bits per heavy atom. The zero-order chi connectivity index (χ0) is 17.8. The van der Waals surface area contributed by atoms with E-state index in [4.69, 9.17) is 4.74 Å². The van der Waals surface area contributed by atoms with Crippen molar-refractivity contribution in [1.29, 1.82) is 0 Å². The molecule has 0 aromatic heterocycles. The van der Waals surface area contributed by atoms with Crippen LogP contribution in [0.3, 0.4) is 0 Å². The van der Waals surface area contributed by atoms with Crippen LogP contribution < -0.4 is 10.6 Å². The van der Waals surface area contributed by atoms with E-state index in [1.54, 1.807) is 4.90 Å². The van der Waals surface area contributed by atoms with Crippen LogP contribution in [-0.2, 0) is 14.3 Å². The smallest absolute Gasteiger partial charge is 0.251 e. The molecule has 6 nitrogen and oxygen atoms in total. The maximum absolute atomic E-state index is 12.9. The van der Waals surface area contributed by atoms with Crippen molar-refractivity contribution in [3.63, 3.8) is 0 Å². The Hall–Kier alpha value is -1.63. The molecule has 7 heteroatoms. The maximum atomic E-state index is 12.9. The number of ether oxygens (including phenoxy) is 1. The van der Waals surface area contributed by atoms with E-state index >= 15 is 0 Å². The summed E-state index contributed by atoms with van der Waals surface area (Å²) in [5, 5.41) is 6.42. The summed E-state index contributed by atoms with van der Waals surface area (Å²) in [7, 11) is 0. The fourth-order valence-corrected chi connectivity index (χ4v) is 3.69. The van der Waals surface area contributed by atoms with Gasteiger partial charge in [-0.25, -0.2) is 0 Å². The van der Waals surface area contributed by atoms with Crippen LogP contribution in [-0.4, -0.2) is 54.6 Å². The molecule has 2 amide bonds. The molecule has 26 heavy (non-hydrogen) atoms. The van der Waals surface area contributed by atoms with E-state index in [0.29, 0.717) is 0 Å². The topological polar surface area (TPSA) is 70.7 Å². The molecular weight excluding hydrogens is 354 g/mol. The fraction of sp³-hybridized carbons (Fsp3) is 0.579. The summed E-state index contributed by atoms with van der Waals surface area (Å²) < 4.78 is 5.72. The van der Waals surface area contributed by atoms with Gasteiger partial charge in [-0.3, -0.25) is 9.59 Å². The molecule has 2 heterocycles. The highest BCUT2D eigenvalue weighted by Crippen LogP contribution is 2.32. The third kappa shape index (κ3) is 4.55. The summed E-state index contributed by atoms with van der Waals surface area (Å²) in [4.78, 5) is 27.2. The summed E-state index contributed by atoms with van der Waals surface area (Å²) >= 11 is 0. The lowest BCUT2D eigenvalue weighted by Crippen LogP contribution is -2.57. The number of morpholine rings is 1. The van der Waals surface area contributed by atoms with E-state index in [9.17, 15) is 9.59 Å². The van der Waals surface area contributed by atoms with Gasteiger partial charge in [0.05, 0.1) is 6.04 Å². The second-order valence-electron chi connectivity index (χ2n) is 7.01. The quantitative estimate of drug-likeness (QED) is 0.832. The largest absolute Gasteiger partial charge is 0.356 e. The van der Waals surface area contributed by atoms with Crippen LogP contribution in [0.25, 0.3) is 0 Å². The van der Waals surface area contributed by atoms with Crippen LogP contribution in [0.5, 0.6) is 0 Å². The van der Waals surface area contributed by atoms with Crippen LogP contribution >= 0.6 is 12.4 Å². The Bertz CT molecular complexity index is 605. The number of hydrogen-bond donors (Lipinski definition) is 2. The Morgan fingerprint density at radius 3 is 2.50 bits per heavy atom. The molecule has 1 aromatic carbocycles. The van der Waals surface area contributed by atoms with Gasteiger partial charge >= 0.3 is 0 Å². The molecule has 0 saturated carbocycles. The number of hydrogen-bond acceptors (Lipinski definition) is 4. The minimum Gasteiger partial charge on any atom is -0.356 e. The van der Waals surface area contributed by atoms with E-state index in [1.807, 2.05) is 44.2 Å². The molecule has 2 aliphatic heterocycles. The zero-order valence-corrected chi connectivity index (χ0v) is 16.1. The third-order valence-corrected chi connectivity index (χ3v) is 4.90. The number of benzene rings is 1. The lowest BCUT2D eigenvalue weighted by Gasteiger charge is -2.43.